The van der Waals surface area contributed by atoms with Crippen molar-refractivity contribution in [2.45, 2.75) is 25.2 Å². The van der Waals surface area contributed by atoms with Crippen LogP contribution in [0.3, 0.4) is 0 Å². The lowest BCUT2D eigenvalue weighted by Crippen LogP contribution is -2.25. The van der Waals surface area contributed by atoms with Crippen molar-refractivity contribution in [3.63, 3.8) is 0 Å². The van der Waals surface area contributed by atoms with Crippen molar-refractivity contribution in [3.8, 4) is 0 Å². The van der Waals surface area contributed by atoms with Crippen LogP contribution in [0.15, 0.2) is 47.4 Å². The van der Waals surface area contributed by atoms with E-state index in [0.717, 1.165) is 23.0 Å². The zero-order valence-electron chi connectivity index (χ0n) is 14.3. The number of fused-ring (bicyclic) bond motifs is 1. The number of hydrogen-bond donors (Lipinski definition) is 2. The highest BCUT2D eigenvalue weighted by molar-refractivity contribution is 7.98. The molecule has 124 valence electrons. The molecule has 0 spiro atoms. The fourth-order valence-corrected chi connectivity index (χ4v) is 3.23. The topological polar surface area (TPSA) is 44.9 Å². The molecular formula is C20H22N2OS. The molecule has 0 aliphatic heterocycles. The van der Waals surface area contributed by atoms with Crippen LogP contribution in [0.1, 0.15) is 27.2 Å². The number of aromatic nitrogens is 1. The van der Waals surface area contributed by atoms with E-state index in [-0.39, 0.29) is 5.91 Å². The molecule has 24 heavy (non-hydrogen) atoms. The van der Waals surface area contributed by atoms with E-state index in [4.69, 9.17) is 0 Å². The highest BCUT2D eigenvalue weighted by Crippen LogP contribution is 2.22. The number of benzene rings is 2. The molecule has 0 atom stereocenters. The lowest BCUT2D eigenvalue weighted by Gasteiger charge is -2.06. The van der Waals surface area contributed by atoms with Gasteiger partial charge in [-0.05, 0) is 68.0 Å². The van der Waals surface area contributed by atoms with Crippen molar-refractivity contribution >= 4 is 28.6 Å². The molecule has 0 saturated carbocycles. The fourth-order valence-electron chi connectivity index (χ4n) is 2.82. The Morgan fingerprint density at radius 1 is 1.12 bits per heavy atom. The number of aromatic amines is 1. The van der Waals surface area contributed by atoms with Gasteiger partial charge in [0, 0.05) is 33.6 Å². The first kappa shape index (κ1) is 16.7. The van der Waals surface area contributed by atoms with Gasteiger partial charge in [-0.3, -0.25) is 4.79 Å². The van der Waals surface area contributed by atoms with Gasteiger partial charge < -0.3 is 10.3 Å². The predicted octanol–water partition coefficient (Wildman–Crippen LogP) is 4.48. The Morgan fingerprint density at radius 3 is 2.58 bits per heavy atom. The third kappa shape index (κ3) is 3.49. The first-order valence-corrected chi connectivity index (χ1v) is 9.31. The third-order valence-electron chi connectivity index (χ3n) is 4.43. The fraction of sp³-hybridized carbons (Fsp3) is 0.250. The number of rotatable bonds is 5. The maximum absolute atomic E-state index is 12.4. The van der Waals surface area contributed by atoms with Crippen LogP contribution in [0.5, 0.6) is 0 Å². The third-order valence-corrected chi connectivity index (χ3v) is 5.17. The van der Waals surface area contributed by atoms with Crippen molar-refractivity contribution < 1.29 is 4.79 Å². The molecule has 3 aromatic rings. The highest BCUT2D eigenvalue weighted by Gasteiger charge is 2.09. The minimum absolute atomic E-state index is 0.0177. The lowest BCUT2D eigenvalue weighted by molar-refractivity contribution is 0.0954. The van der Waals surface area contributed by atoms with E-state index < -0.39 is 0 Å². The van der Waals surface area contributed by atoms with Crippen molar-refractivity contribution in [1.82, 2.24) is 10.3 Å². The van der Waals surface area contributed by atoms with E-state index >= 15 is 0 Å². The summed E-state index contributed by atoms with van der Waals surface area (Å²) in [5.41, 5.74) is 5.38. The second kappa shape index (κ2) is 7.14. The normalized spacial score (nSPS) is 11.0. The van der Waals surface area contributed by atoms with Crippen LogP contribution >= 0.6 is 11.8 Å². The molecule has 1 heterocycles. The summed E-state index contributed by atoms with van der Waals surface area (Å²) in [6, 6.07) is 14.3. The average molecular weight is 338 g/mol. The number of carbonyl (C=O) groups excluding carboxylic acids is 1. The Hall–Kier alpha value is -2.20. The summed E-state index contributed by atoms with van der Waals surface area (Å²) in [6.07, 6.45) is 2.91. The second-order valence-electron chi connectivity index (χ2n) is 5.99. The standard InChI is InChI=1S/C20H22N2OS/c1-13-14(2)22-19-9-6-16(12-18(13)19)20(23)21-11-10-15-4-7-17(24-3)8-5-15/h4-9,12,22H,10-11H2,1-3H3,(H,21,23). The number of hydrogen-bond acceptors (Lipinski definition) is 2. The largest absolute Gasteiger partial charge is 0.358 e. The Balaban J connectivity index is 1.63. The zero-order chi connectivity index (χ0) is 17.1. The van der Waals surface area contributed by atoms with Gasteiger partial charge >= 0.3 is 0 Å². The maximum atomic E-state index is 12.4. The minimum atomic E-state index is -0.0177. The molecule has 3 nitrogen and oxygen atoms in total. The molecule has 1 amide bonds. The summed E-state index contributed by atoms with van der Waals surface area (Å²) in [6.45, 7) is 4.77. The summed E-state index contributed by atoms with van der Waals surface area (Å²) in [4.78, 5) is 17.0. The summed E-state index contributed by atoms with van der Waals surface area (Å²) < 4.78 is 0. The van der Waals surface area contributed by atoms with Gasteiger partial charge in [0.1, 0.15) is 0 Å². The molecule has 0 aliphatic rings. The summed E-state index contributed by atoms with van der Waals surface area (Å²) >= 11 is 1.73. The summed E-state index contributed by atoms with van der Waals surface area (Å²) in [5, 5.41) is 4.13. The van der Waals surface area contributed by atoms with Crippen LogP contribution in [0, 0.1) is 13.8 Å². The average Bonchev–Trinajstić information content (AvgIpc) is 2.89. The van der Waals surface area contributed by atoms with Gasteiger partial charge in [-0.25, -0.2) is 0 Å². The van der Waals surface area contributed by atoms with E-state index in [0.29, 0.717) is 12.1 Å². The van der Waals surface area contributed by atoms with Crippen LogP contribution in [0.2, 0.25) is 0 Å². The van der Waals surface area contributed by atoms with Gasteiger partial charge in [-0.15, -0.1) is 11.8 Å². The van der Waals surface area contributed by atoms with Crippen LogP contribution in [0.25, 0.3) is 10.9 Å². The Labute approximate surface area is 146 Å². The summed E-state index contributed by atoms with van der Waals surface area (Å²) in [7, 11) is 0. The first-order valence-electron chi connectivity index (χ1n) is 8.08. The predicted molar refractivity (Wildman–Crippen MR) is 102 cm³/mol. The van der Waals surface area contributed by atoms with Crippen LogP contribution in [-0.4, -0.2) is 23.7 Å². The molecule has 0 fully saturated rings. The van der Waals surface area contributed by atoms with Crippen LogP contribution in [-0.2, 0) is 6.42 Å². The number of thioether (sulfide) groups is 1. The van der Waals surface area contributed by atoms with Crippen molar-refractivity contribution in [1.29, 1.82) is 0 Å². The van der Waals surface area contributed by atoms with E-state index in [2.05, 4.69) is 54.7 Å². The first-order chi connectivity index (χ1) is 11.6. The maximum Gasteiger partial charge on any atom is 0.251 e. The quantitative estimate of drug-likeness (QED) is 0.674. The molecular weight excluding hydrogens is 316 g/mol. The van der Waals surface area contributed by atoms with Gasteiger partial charge in [-0.2, -0.15) is 0 Å². The van der Waals surface area contributed by atoms with Crippen molar-refractivity contribution in [2.24, 2.45) is 0 Å². The second-order valence-corrected chi connectivity index (χ2v) is 6.87. The molecule has 0 unspecified atom stereocenters. The zero-order valence-corrected chi connectivity index (χ0v) is 15.1. The van der Waals surface area contributed by atoms with Crippen molar-refractivity contribution in [3.05, 3.63) is 64.8 Å². The molecule has 0 aliphatic carbocycles. The number of nitrogens with one attached hydrogen (secondary N) is 2. The van der Waals surface area contributed by atoms with Gasteiger partial charge in [0.25, 0.3) is 5.91 Å². The van der Waals surface area contributed by atoms with E-state index in [1.165, 1.54) is 16.0 Å². The van der Waals surface area contributed by atoms with Gasteiger partial charge in [0.2, 0.25) is 0 Å². The van der Waals surface area contributed by atoms with E-state index in [1.807, 2.05) is 18.2 Å². The minimum Gasteiger partial charge on any atom is -0.358 e. The SMILES string of the molecule is CSc1ccc(CCNC(=O)c2ccc3[nH]c(C)c(C)c3c2)cc1. The molecule has 3 rings (SSSR count). The Kier molecular flexibility index (Phi) is 4.95. The Bertz CT molecular complexity index is 865. The van der Waals surface area contributed by atoms with E-state index in [1.54, 1.807) is 11.8 Å². The van der Waals surface area contributed by atoms with Gasteiger partial charge in [0.05, 0.1) is 0 Å². The molecule has 0 saturated heterocycles. The molecule has 0 bridgehead atoms. The van der Waals surface area contributed by atoms with Crippen molar-refractivity contribution in [2.75, 3.05) is 12.8 Å². The number of amides is 1. The molecule has 4 heteroatoms. The molecule has 2 aromatic carbocycles. The van der Waals surface area contributed by atoms with Gasteiger partial charge in [0.15, 0.2) is 0 Å². The Morgan fingerprint density at radius 2 is 1.88 bits per heavy atom. The van der Waals surface area contributed by atoms with E-state index in [9.17, 15) is 4.79 Å². The van der Waals surface area contributed by atoms with Crippen LogP contribution in [0.4, 0.5) is 0 Å². The summed E-state index contributed by atoms with van der Waals surface area (Å²) in [5.74, 6) is -0.0177. The van der Waals surface area contributed by atoms with Gasteiger partial charge in [-0.1, -0.05) is 12.1 Å². The monoisotopic (exact) mass is 338 g/mol. The smallest absolute Gasteiger partial charge is 0.251 e. The van der Waals surface area contributed by atoms with Crippen LogP contribution < -0.4 is 5.32 Å². The highest BCUT2D eigenvalue weighted by atomic mass is 32.2. The lowest BCUT2D eigenvalue weighted by atomic mass is 10.1. The molecule has 2 N–H and O–H groups in total. The molecule has 0 radical (unpaired) electrons. The number of carbonyl (C=O) groups is 1. The number of aryl methyl sites for hydroxylation is 2. The number of H-pyrrole nitrogens is 1. The molecule has 1 aromatic heterocycles.